The fourth-order valence-electron chi connectivity index (χ4n) is 2.27. The van der Waals surface area contributed by atoms with Crippen molar-refractivity contribution in [2.75, 3.05) is 35.6 Å². The molecule has 1 fully saturated rings. The molecular formula is C13H18ClN3O3S. The standard InChI is InChI=1S/C13H18ClN3O3S/c1-9-8-21(19,20)5-4-17(9)7-13(18)16-12-3-2-10(15)6-11(12)14/h2-3,6,9H,4-5,7-8,15H2,1H3,(H,16,18). The number of amides is 1. The highest BCUT2D eigenvalue weighted by Crippen LogP contribution is 2.24. The number of carbonyl (C=O) groups excluding carboxylic acids is 1. The van der Waals surface area contributed by atoms with E-state index in [4.69, 9.17) is 17.3 Å². The van der Waals surface area contributed by atoms with Crippen molar-refractivity contribution >= 4 is 38.7 Å². The summed E-state index contributed by atoms with van der Waals surface area (Å²) in [5.74, 6) is -0.0521. The van der Waals surface area contributed by atoms with Crippen LogP contribution in [0.15, 0.2) is 18.2 Å². The molecule has 1 aromatic carbocycles. The maximum absolute atomic E-state index is 12.0. The van der Waals surface area contributed by atoms with Crippen LogP contribution in [0, 0.1) is 0 Å². The second kappa shape index (κ2) is 6.21. The molecule has 0 bridgehead atoms. The molecule has 1 unspecified atom stereocenters. The fraction of sp³-hybridized carbons (Fsp3) is 0.462. The number of carbonyl (C=O) groups is 1. The number of rotatable bonds is 3. The highest BCUT2D eigenvalue weighted by atomic mass is 35.5. The Hall–Kier alpha value is -1.31. The number of hydrogen-bond acceptors (Lipinski definition) is 5. The Morgan fingerprint density at radius 1 is 1.52 bits per heavy atom. The van der Waals surface area contributed by atoms with Gasteiger partial charge in [0.05, 0.1) is 28.8 Å². The van der Waals surface area contributed by atoms with Crippen molar-refractivity contribution in [3.63, 3.8) is 0 Å². The molecule has 0 aliphatic carbocycles. The second-order valence-electron chi connectivity index (χ2n) is 5.22. The van der Waals surface area contributed by atoms with Gasteiger partial charge in [0.1, 0.15) is 0 Å². The average molecular weight is 332 g/mol. The number of anilines is 2. The van der Waals surface area contributed by atoms with Gasteiger partial charge >= 0.3 is 0 Å². The Morgan fingerprint density at radius 3 is 2.86 bits per heavy atom. The van der Waals surface area contributed by atoms with Crippen molar-refractivity contribution in [1.82, 2.24) is 4.90 Å². The second-order valence-corrected chi connectivity index (χ2v) is 7.86. The molecule has 0 aromatic heterocycles. The van der Waals surface area contributed by atoms with E-state index in [0.717, 1.165) is 0 Å². The van der Waals surface area contributed by atoms with Gasteiger partial charge in [0, 0.05) is 18.3 Å². The highest BCUT2D eigenvalue weighted by molar-refractivity contribution is 7.91. The van der Waals surface area contributed by atoms with Crippen LogP contribution in [0.25, 0.3) is 0 Å². The van der Waals surface area contributed by atoms with Crippen LogP contribution in [0.2, 0.25) is 5.02 Å². The van der Waals surface area contributed by atoms with Gasteiger partial charge in [0.2, 0.25) is 5.91 Å². The highest BCUT2D eigenvalue weighted by Gasteiger charge is 2.29. The quantitative estimate of drug-likeness (QED) is 0.805. The van der Waals surface area contributed by atoms with Gasteiger partial charge in [-0.15, -0.1) is 0 Å². The van der Waals surface area contributed by atoms with Gasteiger partial charge in [-0.1, -0.05) is 11.6 Å². The molecule has 1 aromatic rings. The molecule has 6 nitrogen and oxygen atoms in total. The first-order valence-electron chi connectivity index (χ1n) is 6.56. The van der Waals surface area contributed by atoms with Crippen molar-refractivity contribution in [3.8, 4) is 0 Å². The summed E-state index contributed by atoms with van der Waals surface area (Å²) in [5.41, 5.74) is 6.60. The van der Waals surface area contributed by atoms with Crippen LogP contribution in [0.5, 0.6) is 0 Å². The summed E-state index contributed by atoms with van der Waals surface area (Å²) in [7, 11) is -2.98. The third-order valence-corrected chi connectivity index (χ3v) is 5.53. The topological polar surface area (TPSA) is 92.5 Å². The average Bonchev–Trinajstić information content (AvgIpc) is 2.36. The number of sulfone groups is 1. The largest absolute Gasteiger partial charge is 0.399 e. The number of hydrogen-bond donors (Lipinski definition) is 2. The Balaban J connectivity index is 1.96. The van der Waals surface area contributed by atoms with Crippen molar-refractivity contribution in [2.24, 2.45) is 0 Å². The van der Waals surface area contributed by atoms with E-state index in [-0.39, 0.29) is 30.0 Å². The molecule has 1 saturated heterocycles. The van der Waals surface area contributed by atoms with Gasteiger partial charge in [-0.2, -0.15) is 0 Å². The minimum atomic E-state index is -2.98. The third kappa shape index (κ3) is 4.33. The lowest BCUT2D eigenvalue weighted by Gasteiger charge is -2.32. The molecule has 0 saturated carbocycles. The van der Waals surface area contributed by atoms with Gasteiger partial charge < -0.3 is 11.1 Å². The van der Waals surface area contributed by atoms with Crippen LogP contribution in [-0.4, -0.2) is 49.9 Å². The minimum Gasteiger partial charge on any atom is -0.399 e. The van der Waals surface area contributed by atoms with E-state index in [0.29, 0.717) is 22.9 Å². The van der Waals surface area contributed by atoms with E-state index >= 15 is 0 Å². The van der Waals surface area contributed by atoms with Gasteiger partial charge in [-0.25, -0.2) is 8.42 Å². The van der Waals surface area contributed by atoms with Gasteiger partial charge in [-0.05, 0) is 25.1 Å². The van der Waals surface area contributed by atoms with E-state index in [1.165, 1.54) is 0 Å². The maximum atomic E-state index is 12.0. The summed E-state index contributed by atoms with van der Waals surface area (Å²) in [6.07, 6.45) is 0. The number of nitrogens with two attached hydrogens (primary N) is 1. The predicted molar refractivity (Wildman–Crippen MR) is 84.2 cm³/mol. The molecule has 1 aliphatic heterocycles. The third-order valence-electron chi connectivity index (χ3n) is 3.42. The van der Waals surface area contributed by atoms with E-state index in [1.54, 1.807) is 25.1 Å². The normalized spacial score (nSPS) is 21.9. The van der Waals surface area contributed by atoms with Gasteiger partial charge in [0.25, 0.3) is 0 Å². The molecular weight excluding hydrogens is 314 g/mol. The number of benzene rings is 1. The monoisotopic (exact) mass is 331 g/mol. The molecule has 0 radical (unpaired) electrons. The SMILES string of the molecule is CC1CS(=O)(=O)CCN1CC(=O)Nc1ccc(N)cc1Cl. The maximum Gasteiger partial charge on any atom is 0.238 e. The number of nitrogens with one attached hydrogen (secondary N) is 1. The van der Waals surface area contributed by atoms with Crippen molar-refractivity contribution in [2.45, 2.75) is 13.0 Å². The lowest BCUT2D eigenvalue weighted by molar-refractivity contribution is -0.117. The number of halogens is 1. The molecule has 2 rings (SSSR count). The Kier molecular flexibility index (Phi) is 4.75. The van der Waals surface area contributed by atoms with Crippen molar-refractivity contribution in [1.29, 1.82) is 0 Å². The zero-order chi connectivity index (χ0) is 15.6. The Morgan fingerprint density at radius 2 is 2.24 bits per heavy atom. The van der Waals surface area contributed by atoms with Gasteiger partial charge in [0.15, 0.2) is 9.84 Å². The van der Waals surface area contributed by atoms with Crippen LogP contribution in [0.4, 0.5) is 11.4 Å². The molecule has 3 N–H and O–H groups in total. The number of nitrogen functional groups attached to an aromatic ring is 1. The first-order valence-corrected chi connectivity index (χ1v) is 8.76. The van der Waals surface area contributed by atoms with Crippen LogP contribution in [0.1, 0.15) is 6.92 Å². The smallest absolute Gasteiger partial charge is 0.238 e. The van der Waals surface area contributed by atoms with Gasteiger partial charge in [-0.3, -0.25) is 9.69 Å². The summed E-state index contributed by atoms with van der Waals surface area (Å²) in [4.78, 5) is 13.9. The Bertz CT molecular complexity index is 648. The van der Waals surface area contributed by atoms with Crippen molar-refractivity contribution < 1.29 is 13.2 Å². The summed E-state index contributed by atoms with van der Waals surface area (Å²) in [6, 6.07) is 4.68. The van der Waals surface area contributed by atoms with Crippen LogP contribution in [0.3, 0.4) is 0 Å². The Labute approximate surface area is 129 Å². The zero-order valence-corrected chi connectivity index (χ0v) is 13.2. The van der Waals surface area contributed by atoms with Crippen molar-refractivity contribution in [3.05, 3.63) is 23.2 Å². The van der Waals surface area contributed by atoms with E-state index in [1.807, 2.05) is 4.90 Å². The summed E-state index contributed by atoms with van der Waals surface area (Å²) in [5, 5.41) is 3.08. The molecule has 1 heterocycles. The lowest BCUT2D eigenvalue weighted by Crippen LogP contribution is -2.49. The predicted octanol–water partition coefficient (Wildman–Crippen LogP) is 0.980. The molecule has 8 heteroatoms. The summed E-state index contributed by atoms with van der Waals surface area (Å²) in [6.45, 7) is 2.31. The first-order chi connectivity index (χ1) is 9.77. The van der Waals surface area contributed by atoms with E-state index in [2.05, 4.69) is 5.32 Å². The van der Waals surface area contributed by atoms with Crippen LogP contribution in [-0.2, 0) is 14.6 Å². The fourth-order valence-corrected chi connectivity index (χ4v) is 4.14. The minimum absolute atomic E-state index is 0.0862. The molecule has 116 valence electrons. The molecule has 1 amide bonds. The lowest BCUT2D eigenvalue weighted by atomic mass is 10.2. The first kappa shape index (κ1) is 16.1. The molecule has 1 atom stereocenters. The number of nitrogens with zero attached hydrogens (tertiary/aromatic N) is 1. The van der Waals surface area contributed by atoms with E-state index in [9.17, 15) is 13.2 Å². The molecule has 21 heavy (non-hydrogen) atoms. The van der Waals surface area contributed by atoms with E-state index < -0.39 is 9.84 Å². The summed E-state index contributed by atoms with van der Waals surface area (Å²) < 4.78 is 23.0. The zero-order valence-electron chi connectivity index (χ0n) is 11.7. The van der Waals surface area contributed by atoms with Crippen LogP contribution < -0.4 is 11.1 Å². The van der Waals surface area contributed by atoms with Crippen LogP contribution >= 0.6 is 11.6 Å². The summed E-state index contributed by atoms with van der Waals surface area (Å²) >= 11 is 5.99. The molecule has 1 aliphatic rings. The molecule has 0 spiro atoms.